The molecule has 2 saturated heterocycles. The summed E-state index contributed by atoms with van der Waals surface area (Å²) in [4.78, 5) is 38.0. The molecule has 0 saturated carbocycles. The zero-order valence-electron chi connectivity index (χ0n) is 12.6. The number of hydrogen-bond donors (Lipinski definition) is 1. The zero-order valence-corrected chi connectivity index (χ0v) is 12.6. The average Bonchev–Trinajstić information content (AvgIpc) is 2.93. The summed E-state index contributed by atoms with van der Waals surface area (Å²) >= 11 is 0. The first-order chi connectivity index (χ1) is 9.97. The molecule has 2 heterocycles. The van der Waals surface area contributed by atoms with E-state index in [0.717, 1.165) is 25.8 Å². The van der Waals surface area contributed by atoms with Crippen molar-refractivity contribution in [2.24, 2.45) is 11.8 Å². The van der Waals surface area contributed by atoms with Crippen LogP contribution in [0.15, 0.2) is 0 Å². The number of carbonyl (C=O) groups is 3. The van der Waals surface area contributed by atoms with Crippen LogP contribution >= 0.6 is 0 Å². The van der Waals surface area contributed by atoms with Crippen LogP contribution in [0.1, 0.15) is 39.0 Å². The second kappa shape index (κ2) is 6.91. The number of piperidine rings is 1. The molecule has 1 atom stereocenters. The minimum absolute atomic E-state index is 0.0267. The molecule has 6 nitrogen and oxygen atoms in total. The first-order valence-corrected chi connectivity index (χ1v) is 7.73. The van der Waals surface area contributed by atoms with Crippen LogP contribution in [0, 0.1) is 11.8 Å². The van der Waals surface area contributed by atoms with E-state index in [2.05, 4.69) is 0 Å². The van der Waals surface area contributed by atoms with Crippen molar-refractivity contribution in [3.63, 3.8) is 0 Å². The number of rotatable bonds is 4. The van der Waals surface area contributed by atoms with E-state index in [1.807, 2.05) is 4.90 Å². The molecule has 2 amide bonds. The highest BCUT2D eigenvalue weighted by Crippen LogP contribution is 2.26. The van der Waals surface area contributed by atoms with Gasteiger partial charge in [-0.15, -0.1) is 0 Å². The summed E-state index contributed by atoms with van der Waals surface area (Å²) < 4.78 is 0. The third-order valence-electron chi connectivity index (χ3n) is 4.65. The smallest absolute Gasteiger partial charge is 0.303 e. The predicted octanol–water partition coefficient (Wildman–Crippen LogP) is 0.958. The molecule has 2 aliphatic heterocycles. The summed E-state index contributed by atoms with van der Waals surface area (Å²) in [6.45, 7) is 4.34. The van der Waals surface area contributed by atoms with E-state index in [1.165, 1.54) is 0 Å². The van der Waals surface area contributed by atoms with Crippen LogP contribution in [0.3, 0.4) is 0 Å². The summed E-state index contributed by atoms with van der Waals surface area (Å²) in [6, 6.07) is 0. The Morgan fingerprint density at radius 1 is 1.05 bits per heavy atom. The van der Waals surface area contributed by atoms with E-state index in [9.17, 15) is 14.4 Å². The molecule has 118 valence electrons. The molecule has 0 aromatic carbocycles. The molecule has 6 heteroatoms. The lowest BCUT2D eigenvalue weighted by Crippen LogP contribution is -2.43. The topological polar surface area (TPSA) is 77.9 Å². The van der Waals surface area contributed by atoms with Gasteiger partial charge in [-0.05, 0) is 31.6 Å². The minimum atomic E-state index is -0.767. The Kier molecular flexibility index (Phi) is 5.20. The van der Waals surface area contributed by atoms with Crippen molar-refractivity contribution in [3.8, 4) is 0 Å². The van der Waals surface area contributed by atoms with Gasteiger partial charge in [0.15, 0.2) is 0 Å². The van der Waals surface area contributed by atoms with Gasteiger partial charge in [0, 0.05) is 45.4 Å². The molecule has 0 spiro atoms. The summed E-state index contributed by atoms with van der Waals surface area (Å²) in [6.07, 6.45) is 3.24. The van der Waals surface area contributed by atoms with Gasteiger partial charge in [0.25, 0.3) is 0 Å². The number of nitrogens with zero attached hydrogens (tertiary/aromatic N) is 2. The second-order valence-corrected chi connectivity index (χ2v) is 6.15. The molecule has 1 unspecified atom stereocenters. The lowest BCUT2D eigenvalue weighted by molar-refractivity contribution is -0.139. The number of likely N-dealkylation sites (tertiary alicyclic amines) is 2. The summed E-state index contributed by atoms with van der Waals surface area (Å²) in [7, 11) is 0. The third-order valence-corrected chi connectivity index (χ3v) is 4.65. The Labute approximate surface area is 125 Å². The molecule has 0 aliphatic carbocycles. The van der Waals surface area contributed by atoms with Gasteiger partial charge in [0.05, 0.1) is 0 Å². The number of carboxylic acid groups (broad SMARTS) is 1. The fourth-order valence-electron chi connectivity index (χ4n) is 3.30. The Bertz CT molecular complexity index is 416. The van der Waals surface area contributed by atoms with Gasteiger partial charge in [-0.25, -0.2) is 0 Å². The number of amides is 2. The largest absolute Gasteiger partial charge is 0.481 e. The standard InChI is InChI=1S/C15H24N2O4/c1-11(18)16-8-5-13(6-9-16)15(21)17-7-4-12(10-17)2-3-14(19)20/h12-13H,2-10H2,1H3,(H,19,20). The van der Waals surface area contributed by atoms with Crippen molar-refractivity contribution < 1.29 is 19.5 Å². The monoisotopic (exact) mass is 296 g/mol. The zero-order chi connectivity index (χ0) is 15.4. The van der Waals surface area contributed by atoms with E-state index >= 15 is 0 Å². The summed E-state index contributed by atoms with van der Waals surface area (Å²) in [5.41, 5.74) is 0. The number of carbonyl (C=O) groups excluding carboxylic acids is 2. The van der Waals surface area contributed by atoms with Crippen molar-refractivity contribution >= 4 is 17.8 Å². The van der Waals surface area contributed by atoms with Crippen LogP contribution in [0.4, 0.5) is 0 Å². The van der Waals surface area contributed by atoms with Crippen molar-refractivity contribution in [2.75, 3.05) is 26.2 Å². The average molecular weight is 296 g/mol. The SMILES string of the molecule is CC(=O)N1CCC(C(=O)N2CCC(CCC(=O)O)C2)CC1. The van der Waals surface area contributed by atoms with Gasteiger partial charge < -0.3 is 14.9 Å². The fourth-order valence-corrected chi connectivity index (χ4v) is 3.30. The molecule has 0 radical (unpaired) electrons. The number of aliphatic carboxylic acids is 1. The van der Waals surface area contributed by atoms with E-state index in [0.29, 0.717) is 32.0 Å². The summed E-state index contributed by atoms with van der Waals surface area (Å²) in [5.74, 6) is -0.149. The maximum Gasteiger partial charge on any atom is 0.303 e. The van der Waals surface area contributed by atoms with Crippen LogP contribution in [-0.4, -0.2) is 58.9 Å². The Morgan fingerprint density at radius 2 is 1.67 bits per heavy atom. The quantitative estimate of drug-likeness (QED) is 0.838. The van der Waals surface area contributed by atoms with Gasteiger partial charge in [0.1, 0.15) is 0 Å². The lowest BCUT2D eigenvalue weighted by atomic mass is 9.95. The van der Waals surface area contributed by atoms with Gasteiger partial charge >= 0.3 is 5.97 Å². The highest BCUT2D eigenvalue weighted by Gasteiger charge is 2.33. The Hall–Kier alpha value is -1.59. The first kappa shape index (κ1) is 15.8. The molecule has 2 fully saturated rings. The van der Waals surface area contributed by atoms with E-state index < -0.39 is 5.97 Å². The molecule has 1 N–H and O–H groups in total. The fraction of sp³-hybridized carbons (Fsp3) is 0.800. The van der Waals surface area contributed by atoms with E-state index in [4.69, 9.17) is 5.11 Å². The molecule has 0 aromatic heterocycles. The normalized spacial score (nSPS) is 23.4. The summed E-state index contributed by atoms with van der Waals surface area (Å²) in [5, 5.41) is 8.71. The minimum Gasteiger partial charge on any atom is -0.481 e. The van der Waals surface area contributed by atoms with E-state index in [1.54, 1.807) is 11.8 Å². The predicted molar refractivity (Wildman–Crippen MR) is 76.5 cm³/mol. The lowest BCUT2D eigenvalue weighted by Gasteiger charge is -2.32. The molecular weight excluding hydrogens is 272 g/mol. The van der Waals surface area contributed by atoms with Crippen LogP contribution in [0.25, 0.3) is 0 Å². The highest BCUT2D eigenvalue weighted by molar-refractivity contribution is 5.80. The maximum atomic E-state index is 12.5. The van der Waals surface area contributed by atoms with Gasteiger partial charge in [-0.2, -0.15) is 0 Å². The van der Waals surface area contributed by atoms with E-state index in [-0.39, 0.29) is 24.2 Å². The molecule has 2 rings (SSSR count). The molecule has 21 heavy (non-hydrogen) atoms. The molecule has 0 bridgehead atoms. The molecular formula is C15H24N2O4. The number of hydrogen-bond acceptors (Lipinski definition) is 3. The van der Waals surface area contributed by atoms with Crippen molar-refractivity contribution in [3.05, 3.63) is 0 Å². The van der Waals surface area contributed by atoms with Crippen LogP contribution in [-0.2, 0) is 14.4 Å². The van der Waals surface area contributed by atoms with Crippen molar-refractivity contribution in [1.82, 2.24) is 9.80 Å². The third kappa shape index (κ3) is 4.19. The van der Waals surface area contributed by atoms with Crippen LogP contribution in [0.2, 0.25) is 0 Å². The van der Waals surface area contributed by atoms with Crippen LogP contribution in [0.5, 0.6) is 0 Å². The van der Waals surface area contributed by atoms with Crippen molar-refractivity contribution in [1.29, 1.82) is 0 Å². The Morgan fingerprint density at radius 3 is 2.24 bits per heavy atom. The molecule has 0 aromatic rings. The highest BCUT2D eigenvalue weighted by atomic mass is 16.4. The Balaban J connectivity index is 1.77. The van der Waals surface area contributed by atoms with Gasteiger partial charge in [0.2, 0.25) is 11.8 Å². The molecule has 2 aliphatic rings. The second-order valence-electron chi connectivity index (χ2n) is 6.15. The number of carboxylic acids is 1. The van der Waals surface area contributed by atoms with Crippen LogP contribution < -0.4 is 0 Å². The van der Waals surface area contributed by atoms with Gasteiger partial charge in [-0.1, -0.05) is 0 Å². The van der Waals surface area contributed by atoms with Crippen molar-refractivity contribution in [2.45, 2.75) is 39.0 Å². The van der Waals surface area contributed by atoms with Gasteiger partial charge in [-0.3, -0.25) is 14.4 Å². The maximum absolute atomic E-state index is 12.5. The first-order valence-electron chi connectivity index (χ1n) is 7.73.